The van der Waals surface area contributed by atoms with E-state index < -0.39 is 11.7 Å². The van der Waals surface area contributed by atoms with Crippen molar-refractivity contribution in [2.45, 2.75) is 13.1 Å². The molecular weight excluding hydrogens is 257 g/mol. The van der Waals surface area contributed by atoms with E-state index in [0.29, 0.717) is 5.82 Å². The fourth-order valence-electron chi connectivity index (χ4n) is 1.59. The molecule has 0 atom stereocenters. The third-order valence-corrected chi connectivity index (χ3v) is 2.50. The summed E-state index contributed by atoms with van der Waals surface area (Å²) in [6, 6.07) is 5.42. The van der Waals surface area contributed by atoms with E-state index in [1.807, 2.05) is 0 Å². The van der Waals surface area contributed by atoms with Gasteiger partial charge in [-0.1, -0.05) is 6.07 Å². The zero-order valence-electron chi connectivity index (χ0n) is 9.99. The van der Waals surface area contributed by atoms with Crippen molar-refractivity contribution in [1.29, 1.82) is 0 Å². The molecule has 7 heteroatoms. The number of hydrogen-bond donors (Lipinski definition) is 2. The molecule has 0 radical (unpaired) electrons. The molecule has 2 aromatic rings. The van der Waals surface area contributed by atoms with Crippen LogP contribution in [-0.4, -0.2) is 9.97 Å². The first kappa shape index (κ1) is 13.1. The maximum absolute atomic E-state index is 12.8. The highest BCUT2D eigenvalue weighted by atomic mass is 19.4. The lowest BCUT2D eigenvalue weighted by atomic mass is 10.1. The van der Waals surface area contributed by atoms with Gasteiger partial charge in [-0.25, -0.2) is 9.97 Å². The van der Waals surface area contributed by atoms with Gasteiger partial charge in [-0.3, -0.25) is 0 Å². The van der Waals surface area contributed by atoms with E-state index in [9.17, 15) is 13.2 Å². The summed E-state index contributed by atoms with van der Waals surface area (Å²) in [7, 11) is 0. The molecule has 0 bridgehead atoms. The van der Waals surface area contributed by atoms with Crippen molar-refractivity contribution in [3.05, 3.63) is 41.7 Å². The van der Waals surface area contributed by atoms with Crippen LogP contribution in [0.4, 0.5) is 30.5 Å². The first-order valence-corrected chi connectivity index (χ1v) is 5.38. The zero-order chi connectivity index (χ0) is 14.0. The van der Waals surface area contributed by atoms with Crippen LogP contribution >= 0.6 is 0 Å². The number of rotatable bonds is 2. The lowest BCUT2D eigenvalue weighted by Gasteiger charge is -2.13. The Labute approximate surface area is 107 Å². The van der Waals surface area contributed by atoms with Crippen LogP contribution in [0.5, 0.6) is 0 Å². The van der Waals surface area contributed by atoms with Crippen LogP contribution in [0.25, 0.3) is 0 Å². The number of nitrogen functional groups attached to an aromatic ring is 1. The molecule has 0 amide bonds. The van der Waals surface area contributed by atoms with Crippen molar-refractivity contribution in [3.63, 3.8) is 0 Å². The zero-order valence-corrected chi connectivity index (χ0v) is 9.99. The minimum absolute atomic E-state index is 0.167. The second-order valence-electron chi connectivity index (χ2n) is 3.98. The Bertz CT molecular complexity index is 596. The molecule has 0 fully saturated rings. The minimum atomic E-state index is -4.38. The number of nitrogens with zero attached hydrogens (tertiary/aromatic N) is 2. The number of alkyl halides is 3. The van der Waals surface area contributed by atoms with Crippen LogP contribution in [0.2, 0.25) is 0 Å². The van der Waals surface area contributed by atoms with Crippen molar-refractivity contribution in [2.24, 2.45) is 0 Å². The minimum Gasteiger partial charge on any atom is -0.384 e. The topological polar surface area (TPSA) is 63.8 Å². The third-order valence-electron chi connectivity index (χ3n) is 2.50. The Morgan fingerprint density at radius 1 is 1.16 bits per heavy atom. The fourth-order valence-corrected chi connectivity index (χ4v) is 1.59. The average Bonchev–Trinajstić information content (AvgIpc) is 2.30. The highest BCUT2D eigenvalue weighted by Crippen LogP contribution is 2.33. The van der Waals surface area contributed by atoms with Gasteiger partial charge in [-0.2, -0.15) is 13.2 Å². The predicted molar refractivity (Wildman–Crippen MR) is 65.9 cm³/mol. The molecule has 0 unspecified atom stereocenters. The summed E-state index contributed by atoms with van der Waals surface area (Å²) < 4.78 is 38.3. The Morgan fingerprint density at radius 2 is 1.89 bits per heavy atom. The van der Waals surface area contributed by atoms with Crippen molar-refractivity contribution in [1.82, 2.24) is 9.97 Å². The Hall–Kier alpha value is -2.31. The molecule has 0 saturated heterocycles. The Balaban J connectivity index is 2.32. The van der Waals surface area contributed by atoms with E-state index in [1.54, 1.807) is 6.07 Å². The monoisotopic (exact) mass is 268 g/mol. The highest BCUT2D eigenvalue weighted by molar-refractivity contribution is 5.60. The van der Waals surface area contributed by atoms with Gasteiger partial charge in [-0.05, 0) is 24.6 Å². The van der Waals surface area contributed by atoms with Crippen LogP contribution in [0.1, 0.15) is 11.1 Å². The van der Waals surface area contributed by atoms with Crippen molar-refractivity contribution in [3.8, 4) is 0 Å². The predicted octanol–water partition coefficient (Wildman–Crippen LogP) is 3.13. The lowest BCUT2D eigenvalue weighted by Crippen LogP contribution is -2.08. The molecule has 3 N–H and O–H groups in total. The summed E-state index contributed by atoms with van der Waals surface area (Å²) in [4.78, 5) is 7.56. The lowest BCUT2D eigenvalue weighted by molar-refractivity contribution is -0.138. The molecule has 2 rings (SSSR count). The summed E-state index contributed by atoms with van der Waals surface area (Å²) in [6.07, 6.45) is -3.15. The van der Waals surface area contributed by atoms with Gasteiger partial charge in [-0.15, -0.1) is 0 Å². The molecular formula is C12H11F3N4. The molecule has 0 saturated carbocycles. The van der Waals surface area contributed by atoms with Gasteiger partial charge in [0, 0.05) is 11.8 Å². The van der Waals surface area contributed by atoms with E-state index >= 15 is 0 Å². The molecule has 1 heterocycles. The Kier molecular flexibility index (Phi) is 3.28. The van der Waals surface area contributed by atoms with Crippen molar-refractivity contribution < 1.29 is 13.2 Å². The molecule has 0 aliphatic carbocycles. The van der Waals surface area contributed by atoms with E-state index in [1.165, 1.54) is 25.4 Å². The summed E-state index contributed by atoms with van der Waals surface area (Å²) in [5.74, 6) is 0.574. The van der Waals surface area contributed by atoms with E-state index in [-0.39, 0.29) is 17.1 Å². The maximum Gasteiger partial charge on any atom is 0.416 e. The molecule has 0 aliphatic rings. The van der Waals surface area contributed by atoms with Gasteiger partial charge in [0.1, 0.15) is 18.0 Å². The van der Waals surface area contributed by atoms with Gasteiger partial charge in [0.25, 0.3) is 0 Å². The van der Waals surface area contributed by atoms with Gasteiger partial charge >= 0.3 is 6.18 Å². The molecule has 0 spiro atoms. The van der Waals surface area contributed by atoms with Crippen LogP contribution in [0.15, 0.2) is 30.6 Å². The standard InChI is InChI=1S/C12H11F3N4/c1-7-2-3-8(4-9(7)12(13,14)15)19-11-5-10(16)17-6-18-11/h2-6H,1H3,(H3,16,17,18,19). The van der Waals surface area contributed by atoms with E-state index in [2.05, 4.69) is 15.3 Å². The summed E-state index contributed by atoms with van der Waals surface area (Å²) in [5.41, 5.74) is 5.24. The quantitative estimate of drug-likeness (QED) is 0.878. The van der Waals surface area contributed by atoms with Gasteiger partial charge < -0.3 is 11.1 Å². The van der Waals surface area contributed by atoms with Gasteiger partial charge in [0.15, 0.2) is 0 Å². The smallest absolute Gasteiger partial charge is 0.384 e. The van der Waals surface area contributed by atoms with Crippen LogP contribution in [0.3, 0.4) is 0 Å². The molecule has 4 nitrogen and oxygen atoms in total. The number of hydrogen-bond acceptors (Lipinski definition) is 4. The number of nitrogens with two attached hydrogens (primary N) is 1. The molecule has 1 aromatic heterocycles. The SMILES string of the molecule is Cc1ccc(Nc2cc(N)ncn2)cc1C(F)(F)F. The average molecular weight is 268 g/mol. The normalized spacial score (nSPS) is 11.4. The number of halogens is 3. The van der Waals surface area contributed by atoms with E-state index in [0.717, 1.165) is 6.07 Å². The van der Waals surface area contributed by atoms with Gasteiger partial charge in [0.2, 0.25) is 0 Å². The second-order valence-corrected chi connectivity index (χ2v) is 3.98. The summed E-state index contributed by atoms with van der Waals surface area (Å²) in [6.45, 7) is 1.41. The molecule has 1 aromatic carbocycles. The largest absolute Gasteiger partial charge is 0.416 e. The number of nitrogens with one attached hydrogen (secondary N) is 1. The molecule has 0 aliphatic heterocycles. The second kappa shape index (κ2) is 4.75. The van der Waals surface area contributed by atoms with Crippen molar-refractivity contribution >= 4 is 17.3 Å². The van der Waals surface area contributed by atoms with Crippen LogP contribution < -0.4 is 11.1 Å². The van der Waals surface area contributed by atoms with Crippen LogP contribution in [0, 0.1) is 6.92 Å². The van der Waals surface area contributed by atoms with Crippen molar-refractivity contribution in [2.75, 3.05) is 11.1 Å². The third kappa shape index (κ3) is 3.12. The van der Waals surface area contributed by atoms with Crippen LogP contribution in [-0.2, 0) is 6.18 Å². The highest BCUT2D eigenvalue weighted by Gasteiger charge is 2.32. The first-order chi connectivity index (χ1) is 8.86. The summed E-state index contributed by atoms with van der Waals surface area (Å²) in [5, 5.41) is 2.75. The van der Waals surface area contributed by atoms with Gasteiger partial charge in [0.05, 0.1) is 5.56 Å². The number of aryl methyl sites for hydroxylation is 1. The maximum atomic E-state index is 12.8. The first-order valence-electron chi connectivity index (χ1n) is 5.38. The molecule has 100 valence electrons. The van der Waals surface area contributed by atoms with E-state index in [4.69, 9.17) is 5.73 Å². The number of aromatic nitrogens is 2. The Morgan fingerprint density at radius 3 is 2.53 bits per heavy atom. The number of benzene rings is 1. The number of anilines is 3. The fraction of sp³-hybridized carbons (Fsp3) is 0.167. The molecule has 19 heavy (non-hydrogen) atoms. The summed E-state index contributed by atoms with van der Waals surface area (Å²) >= 11 is 0.